The first-order chi connectivity index (χ1) is 13.2. The van der Waals surface area contributed by atoms with Crippen molar-refractivity contribution in [3.8, 4) is 5.75 Å². The molecule has 1 aromatic carbocycles. The number of pyridine rings is 1. The molecular weight excluding hydrogens is 378 g/mol. The average molecular weight is 406 g/mol. The normalized spacial score (nSPS) is 11.5. The van der Waals surface area contributed by atoms with Crippen molar-refractivity contribution in [2.75, 3.05) is 26.4 Å². The lowest BCUT2D eigenvalue weighted by atomic mass is 10.0. The third-order valence-electron chi connectivity index (χ3n) is 4.33. The molecule has 0 spiro atoms. The van der Waals surface area contributed by atoms with Crippen molar-refractivity contribution in [3.63, 3.8) is 0 Å². The monoisotopic (exact) mass is 405 g/mol. The first kappa shape index (κ1) is 21.8. The van der Waals surface area contributed by atoms with E-state index in [0.717, 1.165) is 28.7 Å². The van der Waals surface area contributed by atoms with E-state index in [2.05, 4.69) is 10.3 Å². The third-order valence-corrected chi connectivity index (χ3v) is 5.64. The van der Waals surface area contributed by atoms with Crippen LogP contribution in [0.15, 0.2) is 36.7 Å². The highest BCUT2D eigenvalue weighted by Gasteiger charge is 2.13. The summed E-state index contributed by atoms with van der Waals surface area (Å²) in [4.78, 5) is 16.5. The van der Waals surface area contributed by atoms with Crippen LogP contribution in [0, 0.1) is 13.8 Å². The van der Waals surface area contributed by atoms with Crippen molar-refractivity contribution in [1.29, 1.82) is 0 Å². The molecule has 7 nitrogen and oxygen atoms in total. The minimum absolute atomic E-state index is 0.188. The Morgan fingerprint density at radius 3 is 2.50 bits per heavy atom. The Morgan fingerprint density at radius 2 is 1.93 bits per heavy atom. The van der Waals surface area contributed by atoms with Crippen LogP contribution in [-0.2, 0) is 16.6 Å². The van der Waals surface area contributed by atoms with E-state index in [1.54, 1.807) is 24.5 Å². The van der Waals surface area contributed by atoms with E-state index in [1.165, 1.54) is 11.4 Å². The number of aromatic nitrogens is 1. The summed E-state index contributed by atoms with van der Waals surface area (Å²) in [6.07, 6.45) is 5.18. The van der Waals surface area contributed by atoms with Gasteiger partial charge in [-0.15, -0.1) is 0 Å². The number of hydrogen-bond donors (Lipinski definition) is 1. The summed E-state index contributed by atoms with van der Waals surface area (Å²) < 4.78 is 29.9. The molecule has 0 atom stereocenters. The Morgan fingerprint density at radius 1 is 1.25 bits per heavy atom. The molecule has 0 aliphatic rings. The predicted octanol–water partition coefficient (Wildman–Crippen LogP) is 2.29. The SMILES string of the molecule is Cc1cc(C(=O)NCCCN(C)S(C)(=O)=O)cc(C)c1OCc1cccnc1. The fourth-order valence-corrected chi connectivity index (χ4v) is 3.18. The highest BCUT2D eigenvalue weighted by molar-refractivity contribution is 7.88. The number of carbonyl (C=O) groups excluding carboxylic acids is 1. The zero-order chi connectivity index (χ0) is 20.7. The minimum Gasteiger partial charge on any atom is -0.488 e. The molecular formula is C20H27N3O4S. The molecule has 1 N–H and O–H groups in total. The zero-order valence-corrected chi connectivity index (χ0v) is 17.5. The Bertz CT molecular complexity index is 891. The van der Waals surface area contributed by atoms with Crippen LogP contribution in [0.2, 0.25) is 0 Å². The van der Waals surface area contributed by atoms with Gasteiger partial charge in [0, 0.05) is 43.7 Å². The fourth-order valence-electron chi connectivity index (χ4n) is 2.72. The van der Waals surface area contributed by atoms with E-state index in [4.69, 9.17) is 4.74 Å². The van der Waals surface area contributed by atoms with E-state index in [0.29, 0.717) is 31.7 Å². The zero-order valence-electron chi connectivity index (χ0n) is 16.7. The van der Waals surface area contributed by atoms with Gasteiger partial charge in [0.05, 0.1) is 6.26 Å². The van der Waals surface area contributed by atoms with Crippen molar-refractivity contribution in [2.24, 2.45) is 0 Å². The summed E-state index contributed by atoms with van der Waals surface area (Å²) in [6, 6.07) is 7.40. The second-order valence-corrected chi connectivity index (χ2v) is 8.87. The molecule has 0 fully saturated rings. The standard InChI is InChI=1S/C20H27N3O4S/c1-15-11-18(20(24)22-9-6-10-23(3)28(4,25)26)12-16(2)19(15)27-14-17-7-5-8-21-13-17/h5,7-8,11-13H,6,9-10,14H2,1-4H3,(H,22,24). The van der Waals surface area contributed by atoms with Gasteiger partial charge in [-0.1, -0.05) is 6.07 Å². The van der Waals surface area contributed by atoms with Gasteiger partial charge in [-0.05, 0) is 49.6 Å². The van der Waals surface area contributed by atoms with Crippen LogP contribution in [0.1, 0.15) is 33.5 Å². The first-order valence-electron chi connectivity index (χ1n) is 9.01. The quantitative estimate of drug-likeness (QED) is 0.647. The smallest absolute Gasteiger partial charge is 0.251 e. The van der Waals surface area contributed by atoms with E-state index in [-0.39, 0.29) is 5.91 Å². The number of nitrogens with one attached hydrogen (secondary N) is 1. The van der Waals surface area contributed by atoms with Crippen molar-refractivity contribution in [2.45, 2.75) is 26.9 Å². The van der Waals surface area contributed by atoms with Gasteiger partial charge in [0.25, 0.3) is 5.91 Å². The van der Waals surface area contributed by atoms with Crippen molar-refractivity contribution < 1.29 is 17.9 Å². The Balaban J connectivity index is 1.92. The van der Waals surface area contributed by atoms with Gasteiger partial charge in [0.1, 0.15) is 12.4 Å². The minimum atomic E-state index is -3.19. The lowest BCUT2D eigenvalue weighted by Gasteiger charge is -2.15. The number of nitrogens with zero attached hydrogens (tertiary/aromatic N) is 2. The highest BCUT2D eigenvalue weighted by Crippen LogP contribution is 2.25. The lowest BCUT2D eigenvalue weighted by Crippen LogP contribution is -2.31. The molecule has 0 aliphatic heterocycles. The maximum atomic E-state index is 12.4. The Hall–Kier alpha value is -2.45. The van der Waals surface area contributed by atoms with Crippen LogP contribution < -0.4 is 10.1 Å². The number of rotatable bonds is 9. The lowest BCUT2D eigenvalue weighted by molar-refractivity contribution is 0.0952. The molecule has 8 heteroatoms. The number of sulfonamides is 1. The van der Waals surface area contributed by atoms with Crippen molar-refractivity contribution in [3.05, 3.63) is 58.9 Å². The molecule has 0 bridgehead atoms. The molecule has 0 unspecified atom stereocenters. The van der Waals surface area contributed by atoms with E-state index < -0.39 is 10.0 Å². The van der Waals surface area contributed by atoms with Crippen LogP contribution in [0.3, 0.4) is 0 Å². The van der Waals surface area contributed by atoms with Gasteiger partial charge in [-0.2, -0.15) is 0 Å². The molecule has 1 heterocycles. The summed E-state index contributed by atoms with van der Waals surface area (Å²) in [5.74, 6) is 0.571. The van der Waals surface area contributed by atoms with E-state index in [9.17, 15) is 13.2 Å². The molecule has 152 valence electrons. The van der Waals surface area contributed by atoms with Crippen LogP contribution in [-0.4, -0.2) is 50.0 Å². The number of hydrogen-bond acceptors (Lipinski definition) is 5. The van der Waals surface area contributed by atoms with Crippen LogP contribution >= 0.6 is 0 Å². The molecule has 1 aromatic heterocycles. The first-order valence-corrected chi connectivity index (χ1v) is 10.9. The fraction of sp³-hybridized carbons (Fsp3) is 0.400. The molecule has 0 saturated carbocycles. The molecule has 0 radical (unpaired) electrons. The third kappa shape index (κ3) is 6.31. The maximum absolute atomic E-state index is 12.4. The summed E-state index contributed by atoms with van der Waals surface area (Å²) in [7, 11) is -1.67. The average Bonchev–Trinajstić information content (AvgIpc) is 2.64. The van der Waals surface area contributed by atoms with Gasteiger partial charge >= 0.3 is 0 Å². The van der Waals surface area contributed by atoms with Gasteiger partial charge in [-0.3, -0.25) is 9.78 Å². The van der Waals surface area contributed by atoms with Crippen molar-refractivity contribution >= 4 is 15.9 Å². The Kier molecular flexibility index (Phi) is 7.53. The van der Waals surface area contributed by atoms with Gasteiger partial charge in [0.2, 0.25) is 10.0 Å². The number of carbonyl (C=O) groups is 1. The predicted molar refractivity (Wildman–Crippen MR) is 109 cm³/mol. The summed E-state index contributed by atoms with van der Waals surface area (Å²) >= 11 is 0. The van der Waals surface area contributed by atoms with Crippen LogP contribution in [0.25, 0.3) is 0 Å². The van der Waals surface area contributed by atoms with Gasteiger partial charge < -0.3 is 10.1 Å². The van der Waals surface area contributed by atoms with Crippen LogP contribution in [0.4, 0.5) is 0 Å². The molecule has 28 heavy (non-hydrogen) atoms. The summed E-state index contributed by atoms with van der Waals surface area (Å²) in [5, 5.41) is 2.83. The van der Waals surface area contributed by atoms with Crippen molar-refractivity contribution in [1.82, 2.24) is 14.6 Å². The number of benzene rings is 1. The summed E-state index contributed by atoms with van der Waals surface area (Å²) in [5.41, 5.74) is 3.29. The van der Waals surface area contributed by atoms with Gasteiger partial charge in [0.15, 0.2) is 0 Å². The number of aryl methyl sites for hydroxylation is 2. The number of ether oxygens (including phenoxy) is 1. The summed E-state index contributed by atoms with van der Waals surface area (Å²) in [6.45, 7) is 4.98. The number of amides is 1. The molecule has 0 aliphatic carbocycles. The van der Waals surface area contributed by atoms with E-state index in [1.807, 2.05) is 26.0 Å². The largest absolute Gasteiger partial charge is 0.488 e. The second kappa shape index (κ2) is 9.66. The van der Waals surface area contributed by atoms with E-state index >= 15 is 0 Å². The highest BCUT2D eigenvalue weighted by atomic mass is 32.2. The maximum Gasteiger partial charge on any atom is 0.251 e. The molecule has 0 saturated heterocycles. The molecule has 1 amide bonds. The topological polar surface area (TPSA) is 88.6 Å². The van der Waals surface area contributed by atoms with Gasteiger partial charge in [-0.25, -0.2) is 12.7 Å². The molecule has 2 aromatic rings. The second-order valence-electron chi connectivity index (χ2n) is 6.78. The van der Waals surface area contributed by atoms with Crippen LogP contribution in [0.5, 0.6) is 5.75 Å². The Labute approximate surface area is 166 Å². The molecule has 2 rings (SSSR count).